The molecule has 0 bridgehead atoms. The van der Waals surface area contributed by atoms with E-state index < -0.39 is 12.1 Å². The zero-order chi connectivity index (χ0) is 14.8. The van der Waals surface area contributed by atoms with E-state index in [0.717, 1.165) is 25.3 Å². The van der Waals surface area contributed by atoms with Crippen LogP contribution in [0.4, 0.5) is 22.0 Å². The highest BCUT2D eigenvalue weighted by Gasteiger charge is 2.55. The van der Waals surface area contributed by atoms with Gasteiger partial charge < -0.3 is 0 Å². The highest BCUT2D eigenvalue weighted by atomic mass is 19.4. The van der Waals surface area contributed by atoms with Gasteiger partial charge in [0.05, 0.1) is 0 Å². The zero-order valence-electron chi connectivity index (χ0n) is 11.4. The molecular formula is C14H23F5. The Bertz CT molecular complexity index is 243. The van der Waals surface area contributed by atoms with Crippen LogP contribution in [0.1, 0.15) is 64.7 Å². The van der Waals surface area contributed by atoms with Gasteiger partial charge in [0.15, 0.2) is 0 Å². The summed E-state index contributed by atoms with van der Waals surface area (Å²) in [6.45, 7) is 2.14. The van der Waals surface area contributed by atoms with E-state index in [2.05, 4.69) is 6.92 Å². The van der Waals surface area contributed by atoms with Crippen LogP contribution in [-0.2, 0) is 0 Å². The van der Waals surface area contributed by atoms with E-state index in [4.69, 9.17) is 0 Å². The minimum Gasteiger partial charge on any atom is -0.192 e. The summed E-state index contributed by atoms with van der Waals surface area (Å²) in [7, 11) is 0. The van der Waals surface area contributed by atoms with E-state index in [1.54, 1.807) is 0 Å². The third-order valence-corrected chi connectivity index (χ3v) is 2.93. The van der Waals surface area contributed by atoms with E-state index in [0.29, 0.717) is 6.42 Å². The van der Waals surface area contributed by atoms with Crippen molar-refractivity contribution in [3.05, 3.63) is 12.2 Å². The molecule has 0 aromatic heterocycles. The first-order chi connectivity index (χ1) is 8.81. The largest absolute Gasteiger partial charge is 0.457 e. The van der Waals surface area contributed by atoms with Crippen LogP contribution in [0.15, 0.2) is 12.2 Å². The molecule has 0 atom stereocenters. The fourth-order valence-electron chi connectivity index (χ4n) is 1.72. The molecule has 0 radical (unpaired) electrons. The molecule has 0 saturated carbocycles. The molecule has 0 aliphatic rings. The number of hydrogen-bond acceptors (Lipinski definition) is 0. The lowest BCUT2D eigenvalue weighted by molar-refractivity contribution is -0.259. The molecule has 0 fully saturated rings. The zero-order valence-corrected chi connectivity index (χ0v) is 11.4. The van der Waals surface area contributed by atoms with Crippen LogP contribution in [-0.4, -0.2) is 12.1 Å². The number of rotatable bonds is 10. The van der Waals surface area contributed by atoms with Crippen LogP contribution in [0.3, 0.4) is 0 Å². The smallest absolute Gasteiger partial charge is 0.192 e. The Hall–Kier alpha value is -0.610. The van der Waals surface area contributed by atoms with Crippen LogP contribution in [0.25, 0.3) is 0 Å². The minimum absolute atomic E-state index is 0.0335. The van der Waals surface area contributed by atoms with Gasteiger partial charge >= 0.3 is 12.1 Å². The third kappa shape index (κ3) is 9.00. The normalized spacial score (nSPS) is 13.4. The van der Waals surface area contributed by atoms with Crippen molar-refractivity contribution in [3.8, 4) is 0 Å². The Morgan fingerprint density at radius 1 is 0.737 bits per heavy atom. The Balaban J connectivity index is 3.54. The maximum Gasteiger partial charge on any atom is 0.457 e. The molecule has 0 spiro atoms. The average Bonchev–Trinajstić information content (AvgIpc) is 2.30. The van der Waals surface area contributed by atoms with Crippen molar-refractivity contribution in [2.24, 2.45) is 0 Å². The second-order valence-electron chi connectivity index (χ2n) is 4.79. The van der Waals surface area contributed by atoms with Crippen molar-refractivity contribution in [2.45, 2.75) is 76.8 Å². The second kappa shape index (κ2) is 9.32. The maximum atomic E-state index is 12.5. The summed E-state index contributed by atoms with van der Waals surface area (Å²) in [6, 6.07) is 0. The van der Waals surface area contributed by atoms with Crippen LogP contribution >= 0.6 is 0 Å². The van der Waals surface area contributed by atoms with Crippen molar-refractivity contribution < 1.29 is 22.0 Å². The fourth-order valence-corrected chi connectivity index (χ4v) is 1.72. The highest BCUT2D eigenvalue weighted by Crippen LogP contribution is 2.36. The quantitative estimate of drug-likeness (QED) is 0.252. The summed E-state index contributed by atoms with van der Waals surface area (Å²) < 4.78 is 60.4. The molecule has 0 rings (SSSR count). The number of hydrogen-bond donors (Lipinski definition) is 0. The van der Waals surface area contributed by atoms with Crippen LogP contribution < -0.4 is 0 Å². The second-order valence-corrected chi connectivity index (χ2v) is 4.79. The van der Waals surface area contributed by atoms with E-state index in [1.165, 1.54) is 25.7 Å². The Morgan fingerprint density at radius 2 is 1.21 bits per heavy atom. The van der Waals surface area contributed by atoms with Crippen molar-refractivity contribution >= 4 is 0 Å². The fraction of sp³-hybridized carbons (Fsp3) is 0.857. The molecule has 0 heterocycles. The Morgan fingerprint density at radius 3 is 1.68 bits per heavy atom. The minimum atomic E-state index is -5.48. The molecule has 114 valence electrons. The Labute approximate surface area is 112 Å². The monoisotopic (exact) mass is 286 g/mol. The summed E-state index contributed by atoms with van der Waals surface area (Å²) in [6.07, 6.45) is 4.20. The van der Waals surface area contributed by atoms with Gasteiger partial charge in [-0.1, -0.05) is 57.9 Å². The topological polar surface area (TPSA) is 0 Å². The number of halogens is 5. The SMILES string of the molecule is CCCCCCCCCCC=CC(F)(F)C(F)(F)F. The molecule has 0 nitrogen and oxygen atoms in total. The lowest BCUT2D eigenvalue weighted by Crippen LogP contribution is -2.33. The lowest BCUT2D eigenvalue weighted by atomic mass is 10.1. The third-order valence-electron chi connectivity index (χ3n) is 2.93. The highest BCUT2D eigenvalue weighted by molar-refractivity contribution is 4.99. The molecule has 0 aliphatic carbocycles. The first kappa shape index (κ1) is 18.4. The summed E-state index contributed by atoms with van der Waals surface area (Å²) >= 11 is 0. The van der Waals surface area contributed by atoms with Crippen LogP contribution in [0.5, 0.6) is 0 Å². The standard InChI is InChI=1S/C14H23F5/c1-2-3-4-5-6-7-8-9-10-11-12-13(15,16)14(17,18)19/h11-12H,2-10H2,1H3. The molecule has 5 heteroatoms. The Kier molecular flexibility index (Phi) is 9.02. The van der Waals surface area contributed by atoms with E-state index in [9.17, 15) is 22.0 Å². The van der Waals surface area contributed by atoms with Crippen LogP contribution in [0.2, 0.25) is 0 Å². The van der Waals surface area contributed by atoms with Crippen molar-refractivity contribution in [1.29, 1.82) is 0 Å². The first-order valence-corrected chi connectivity index (χ1v) is 6.93. The predicted octanol–water partition coefficient (Wildman–Crippen LogP) is 6.27. The van der Waals surface area contributed by atoms with E-state index >= 15 is 0 Å². The molecule has 0 N–H and O–H groups in total. The van der Waals surface area contributed by atoms with Crippen molar-refractivity contribution in [3.63, 3.8) is 0 Å². The lowest BCUT2D eigenvalue weighted by Gasteiger charge is -2.15. The van der Waals surface area contributed by atoms with E-state index in [1.807, 2.05) is 0 Å². The number of unbranched alkanes of at least 4 members (excludes halogenated alkanes) is 8. The van der Waals surface area contributed by atoms with Gasteiger partial charge in [-0.05, 0) is 18.9 Å². The molecule has 0 aliphatic heterocycles. The molecule has 0 amide bonds. The summed E-state index contributed by atoms with van der Waals surface area (Å²) in [5.74, 6) is -4.70. The molecule has 0 aromatic carbocycles. The van der Waals surface area contributed by atoms with E-state index in [-0.39, 0.29) is 12.5 Å². The molecule has 0 aromatic rings. The first-order valence-electron chi connectivity index (χ1n) is 6.93. The van der Waals surface area contributed by atoms with Gasteiger partial charge in [-0.2, -0.15) is 22.0 Å². The maximum absolute atomic E-state index is 12.5. The number of alkyl halides is 5. The molecule has 0 saturated heterocycles. The van der Waals surface area contributed by atoms with Gasteiger partial charge in [0.1, 0.15) is 0 Å². The van der Waals surface area contributed by atoms with Gasteiger partial charge in [-0.25, -0.2) is 0 Å². The predicted molar refractivity (Wildman–Crippen MR) is 67.4 cm³/mol. The summed E-state index contributed by atoms with van der Waals surface area (Å²) in [4.78, 5) is 0. The average molecular weight is 286 g/mol. The van der Waals surface area contributed by atoms with Crippen molar-refractivity contribution in [2.75, 3.05) is 0 Å². The molecule has 0 unspecified atom stereocenters. The summed E-state index contributed by atoms with van der Waals surface area (Å²) in [5.41, 5.74) is 0. The van der Waals surface area contributed by atoms with Crippen LogP contribution in [0, 0.1) is 0 Å². The van der Waals surface area contributed by atoms with Crippen molar-refractivity contribution in [1.82, 2.24) is 0 Å². The van der Waals surface area contributed by atoms with Gasteiger partial charge in [0.25, 0.3) is 0 Å². The number of allylic oxidation sites excluding steroid dienone is 2. The van der Waals surface area contributed by atoms with Gasteiger partial charge in [0, 0.05) is 0 Å². The van der Waals surface area contributed by atoms with Gasteiger partial charge in [-0.3, -0.25) is 0 Å². The summed E-state index contributed by atoms with van der Waals surface area (Å²) in [5, 5.41) is 0. The molecular weight excluding hydrogens is 263 g/mol. The van der Waals surface area contributed by atoms with Gasteiger partial charge in [-0.15, -0.1) is 0 Å². The van der Waals surface area contributed by atoms with Gasteiger partial charge in [0.2, 0.25) is 0 Å². The molecule has 19 heavy (non-hydrogen) atoms.